The van der Waals surface area contributed by atoms with Crippen LogP contribution in [-0.2, 0) is 23.6 Å². The third kappa shape index (κ3) is 2.75. The summed E-state index contributed by atoms with van der Waals surface area (Å²) in [6.45, 7) is 2.41. The highest BCUT2D eigenvalue weighted by atomic mass is 32.2. The van der Waals surface area contributed by atoms with Crippen LogP contribution in [0, 0.1) is 5.92 Å². The number of aryl methyl sites for hydroxylation is 1. The van der Waals surface area contributed by atoms with E-state index in [9.17, 15) is 8.42 Å². The molecule has 0 unspecified atom stereocenters. The van der Waals surface area contributed by atoms with Crippen LogP contribution < -0.4 is 0 Å². The number of rotatable bonds is 5. The summed E-state index contributed by atoms with van der Waals surface area (Å²) in [6, 6.07) is 3.81. The van der Waals surface area contributed by atoms with Crippen LogP contribution in [0.25, 0.3) is 0 Å². The second-order valence-electron chi connectivity index (χ2n) is 5.73. The molecule has 1 fully saturated rings. The Morgan fingerprint density at radius 3 is 2.76 bits per heavy atom. The third-order valence-electron chi connectivity index (χ3n) is 3.93. The van der Waals surface area contributed by atoms with E-state index >= 15 is 0 Å². The highest BCUT2D eigenvalue weighted by Gasteiger charge is 2.36. The van der Waals surface area contributed by atoms with Crippen LogP contribution in [-0.4, -0.2) is 29.6 Å². The lowest BCUT2D eigenvalue weighted by molar-refractivity contribution is 0.390. The molecule has 0 saturated heterocycles. The van der Waals surface area contributed by atoms with Crippen LogP contribution in [0.4, 0.5) is 0 Å². The summed E-state index contributed by atoms with van der Waals surface area (Å²) in [5, 5.41) is 3.90. The maximum absolute atomic E-state index is 12.4. The Balaban J connectivity index is 1.73. The molecule has 0 N–H and O–H groups in total. The molecule has 1 saturated carbocycles. The van der Waals surface area contributed by atoms with E-state index in [1.54, 1.807) is 14.1 Å². The summed E-state index contributed by atoms with van der Waals surface area (Å²) in [5.41, 5.74) is 0. The smallest absolute Gasteiger partial charge is 0.246 e. The maximum atomic E-state index is 12.4. The Morgan fingerprint density at radius 2 is 2.19 bits per heavy atom. The first-order chi connectivity index (χ1) is 9.88. The van der Waals surface area contributed by atoms with Crippen molar-refractivity contribution in [3.8, 4) is 0 Å². The number of hydrogen-bond acceptors (Lipinski definition) is 4. The molecule has 0 aliphatic heterocycles. The lowest BCUT2D eigenvalue weighted by atomic mass is 10.3. The zero-order valence-corrected chi connectivity index (χ0v) is 13.2. The van der Waals surface area contributed by atoms with Gasteiger partial charge in [-0.2, -0.15) is 9.40 Å². The van der Waals surface area contributed by atoms with Gasteiger partial charge in [0, 0.05) is 26.2 Å². The molecule has 1 aliphatic rings. The van der Waals surface area contributed by atoms with E-state index in [0.29, 0.717) is 17.6 Å². The summed E-state index contributed by atoms with van der Waals surface area (Å²) < 4.78 is 33.3. The topological polar surface area (TPSA) is 68.3 Å². The Labute approximate surface area is 124 Å². The fraction of sp³-hybridized carbons (Fsp3) is 0.500. The first-order valence-electron chi connectivity index (χ1n) is 6.91. The molecule has 0 bridgehead atoms. The monoisotopic (exact) mass is 309 g/mol. The van der Waals surface area contributed by atoms with Crippen LogP contribution in [0.5, 0.6) is 0 Å². The Morgan fingerprint density at radius 1 is 1.48 bits per heavy atom. The van der Waals surface area contributed by atoms with Gasteiger partial charge in [0.25, 0.3) is 0 Å². The molecule has 114 valence electrons. The minimum absolute atomic E-state index is 0.190. The normalized spacial score (nSPS) is 21.9. The lowest BCUT2D eigenvalue weighted by Crippen LogP contribution is -2.26. The van der Waals surface area contributed by atoms with E-state index in [2.05, 4.69) is 12.0 Å². The zero-order chi connectivity index (χ0) is 15.2. The highest BCUT2D eigenvalue weighted by molar-refractivity contribution is 7.89. The van der Waals surface area contributed by atoms with Gasteiger partial charge in [0.05, 0.1) is 12.7 Å². The van der Waals surface area contributed by atoms with Crippen molar-refractivity contribution in [3.05, 3.63) is 36.0 Å². The minimum atomic E-state index is -3.53. The van der Waals surface area contributed by atoms with Crippen molar-refractivity contribution in [3.63, 3.8) is 0 Å². The van der Waals surface area contributed by atoms with Crippen molar-refractivity contribution in [2.75, 3.05) is 7.05 Å². The van der Waals surface area contributed by atoms with E-state index in [-0.39, 0.29) is 11.4 Å². The Hall–Kier alpha value is -1.60. The molecule has 1 aliphatic carbocycles. The summed E-state index contributed by atoms with van der Waals surface area (Å²) in [4.78, 5) is 0.190. The molecule has 2 aromatic rings. The summed E-state index contributed by atoms with van der Waals surface area (Å²) >= 11 is 0. The zero-order valence-electron chi connectivity index (χ0n) is 12.4. The average Bonchev–Trinajstić information content (AvgIpc) is 2.82. The standard InChI is InChI=1S/C14H19N3O3S/c1-10-6-13(10)14-5-4-11(20-14)8-17(3)21(18,19)12-7-15-16(2)9-12/h4-5,7,9-10,13H,6,8H2,1-3H3/t10-,13+/m0/s1. The molecule has 0 amide bonds. The Kier molecular flexibility index (Phi) is 3.41. The van der Waals surface area contributed by atoms with Crippen LogP contribution in [0.3, 0.4) is 0 Å². The van der Waals surface area contributed by atoms with E-state index in [4.69, 9.17) is 4.42 Å². The molecule has 6 nitrogen and oxygen atoms in total. The number of sulfonamides is 1. The highest BCUT2D eigenvalue weighted by Crippen LogP contribution is 2.47. The molecule has 21 heavy (non-hydrogen) atoms. The van der Waals surface area contributed by atoms with Crippen molar-refractivity contribution >= 4 is 10.0 Å². The van der Waals surface area contributed by atoms with Gasteiger partial charge in [0.15, 0.2) is 0 Å². The summed E-state index contributed by atoms with van der Waals surface area (Å²) in [5.74, 6) is 2.79. The van der Waals surface area contributed by atoms with Crippen molar-refractivity contribution in [2.24, 2.45) is 13.0 Å². The van der Waals surface area contributed by atoms with E-state index in [1.807, 2.05) is 12.1 Å². The average molecular weight is 309 g/mol. The van der Waals surface area contributed by atoms with Crippen molar-refractivity contribution in [1.82, 2.24) is 14.1 Å². The van der Waals surface area contributed by atoms with Gasteiger partial charge in [-0.05, 0) is 24.5 Å². The quantitative estimate of drug-likeness (QED) is 0.846. The van der Waals surface area contributed by atoms with Crippen LogP contribution >= 0.6 is 0 Å². The predicted octanol–water partition coefficient (Wildman–Crippen LogP) is 1.96. The van der Waals surface area contributed by atoms with Gasteiger partial charge >= 0.3 is 0 Å². The minimum Gasteiger partial charge on any atom is -0.464 e. The maximum Gasteiger partial charge on any atom is 0.246 e. The van der Waals surface area contributed by atoms with Gasteiger partial charge in [0.1, 0.15) is 16.4 Å². The molecule has 0 aromatic carbocycles. The first kappa shape index (κ1) is 14.3. The number of hydrogen-bond donors (Lipinski definition) is 0. The van der Waals surface area contributed by atoms with Crippen molar-refractivity contribution in [2.45, 2.75) is 30.7 Å². The SMILES string of the molecule is C[C@H]1C[C@H]1c1ccc(CN(C)S(=O)(=O)c2cnn(C)c2)o1. The molecular weight excluding hydrogens is 290 g/mol. The second-order valence-corrected chi connectivity index (χ2v) is 7.78. The molecule has 0 spiro atoms. The molecule has 7 heteroatoms. The van der Waals surface area contributed by atoms with E-state index < -0.39 is 10.0 Å². The predicted molar refractivity (Wildman–Crippen MR) is 77.1 cm³/mol. The van der Waals surface area contributed by atoms with Gasteiger partial charge in [-0.15, -0.1) is 0 Å². The van der Waals surface area contributed by atoms with Crippen LogP contribution in [0.15, 0.2) is 33.8 Å². The first-order valence-corrected chi connectivity index (χ1v) is 8.35. The van der Waals surface area contributed by atoms with Crippen molar-refractivity contribution in [1.29, 1.82) is 0 Å². The fourth-order valence-corrected chi connectivity index (χ4v) is 3.54. The van der Waals surface area contributed by atoms with Gasteiger partial charge < -0.3 is 4.42 Å². The molecule has 2 atom stereocenters. The van der Waals surface area contributed by atoms with E-state index in [0.717, 1.165) is 12.2 Å². The van der Waals surface area contributed by atoms with Gasteiger partial charge in [-0.1, -0.05) is 6.92 Å². The van der Waals surface area contributed by atoms with Crippen LogP contribution in [0.2, 0.25) is 0 Å². The second kappa shape index (κ2) is 4.99. The number of furan rings is 1. The van der Waals surface area contributed by atoms with Gasteiger partial charge in [-0.3, -0.25) is 4.68 Å². The van der Waals surface area contributed by atoms with Crippen molar-refractivity contribution < 1.29 is 12.8 Å². The molecule has 3 rings (SSSR count). The lowest BCUT2D eigenvalue weighted by Gasteiger charge is -2.14. The molecule has 2 aromatic heterocycles. The summed E-state index contributed by atoms with van der Waals surface area (Å²) in [7, 11) is -0.297. The number of aromatic nitrogens is 2. The molecular formula is C14H19N3O3S. The Bertz CT molecular complexity index is 747. The summed E-state index contributed by atoms with van der Waals surface area (Å²) in [6.07, 6.45) is 3.99. The van der Waals surface area contributed by atoms with Gasteiger partial charge in [-0.25, -0.2) is 8.42 Å². The van der Waals surface area contributed by atoms with Crippen LogP contribution in [0.1, 0.15) is 30.8 Å². The van der Waals surface area contributed by atoms with E-state index in [1.165, 1.54) is 21.4 Å². The largest absolute Gasteiger partial charge is 0.464 e. The molecule has 0 radical (unpaired) electrons. The third-order valence-corrected chi connectivity index (χ3v) is 5.68. The number of nitrogens with zero attached hydrogens (tertiary/aromatic N) is 3. The fourth-order valence-electron chi connectivity index (χ4n) is 2.41. The van der Waals surface area contributed by atoms with Gasteiger partial charge in [0.2, 0.25) is 10.0 Å². The molecule has 2 heterocycles.